The molecular formula is C19H31NS. The van der Waals surface area contributed by atoms with Crippen molar-refractivity contribution in [2.24, 2.45) is 5.92 Å². The minimum absolute atomic E-state index is 0.462. The first-order chi connectivity index (χ1) is 10.1. The Morgan fingerprint density at radius 1 is 1.14 bits per heavy atom. The van der Waals surface area contributed by atoms with Gasteiger partial charge in [0.2, 0.25) is 0 Å². The van der Waals surface area contributed by atoms with E-state index in [1.54, 1.807) is 0 Å². The molecule has 3 unspecified atom stereocenters. The minimum atomic E-state index is 0.462. The lowest BCUT2D eigenvalue weighted by Gasteiger charge is -2.31. The smallest absolute Gasteiger partial charge is 0.0294 e. The first-order valence-electron chi connectivity index (χ1n) is 8.46. The summed E-state index contributed by atoms with van der Waals surface area (Å²) in [7, 11) is 0. The largest absolute Gasteiger partial charge is 0.307 e. The fraction of sp³-hybridized carbons (Fsp3) is 0.684. The van der Waals surface area contributed by atoms with Crippen molar-refractivity contribution in [2.75, 3.05) is 6.26 Å². The van der Waals surface area contributed by atoms with Crippen LogP contribution in [0.25, 0.3) is 0 Å². The third-order valence-electron chi connectivity index (χ3n) is 4.57. The van der Waals surface area contributed by atoms with Crippen LogP contribution in [0.1, 0.15) is 63.6 Å². The Labute approximate surface area is 135 Å². The highest BCUT2D eigenvalue weighted by Crippen LogP contribution is 2.28. The average Bonchev–Trinajstić information content (AvgIpc) is 2.47. The summed E-state index contributed by atoms with van der Waals surface area (Å²) in [6.45, 7) is 6.87. The maximum atomic E-state index is 3.85. The van der Waals surface area contributed by atoms with E-state index < -0.39 is 0 Å². The molecule has 1 N–H and O–H groups in total. The Bertz CT molecular complexity index is 412. The van der Waals surface area contributed by atoms with Gasteiger partial charge < -0.3 is 5.32 Å². The highest BCUT2D eigenvalue weighted by molar-refractivity contribution is 7.99. The van der Waals surface area contributed by atoms with E-state index in [1.807, 2.05) is 11.8 Å². The Morgan fingerprint density at radius 3 is 2.48 bits per heavy atom. The Morgan fingerprint density at radius 2 is 1.86 bits per heavy atom. The van der Waals surface area contributed by atoms with E-state index in [0.717, 1.165) is 11.2 Å². The number of benzene rings is 1. The molecule has 118 valence electrons. The molecule has 1 saturated carbocycles. The first-order valence-corrected chi connectivity index (χ1v) is 9.75. The zero-order chi connectivity index (χ0) is 15.2. The lowest BCUT2D eigenvalue weighted by Crippen LogP contribution is -2.36. The molecule has 1 fully saturated rings. The zero-order valence-electron chi connectivity index (χ0n) is 14.1. The molecule has 0 spiro atoms. The second kappa shape index (κ2) is 8.24. The Kier molecular flexibility index (Phi) is 6.63. The van der Waals surface area contributed by atoms with Crippen molar-refractivity contribution >= 4 is 11.8 Å². The van der Waals surface area contributed by atoms with E-state index in [0.29, 0.717) is 12.1 Å². The monoisotopic (exact) mass is 305 g/mol. The maximum Gasteiger partial charge on any atom is 0.0294 e. The van der Waals surface area contributed by atoms with Crippen LogP contribution >= 0.6 is 11.8 Å². The summed E-state index contributed by atoms with van der Waals surface area (Å²) < 4.78 is 0. The molecule has 0 aromatic heterocycles. The molecule has 2 heteroatoms. The SMILES string of the molecule is CSC1CCCC(NC(C)c2ccc(CC(C)C)cc2)C1. The van der Waals surface area contributed by atoms with Crippen LogP contribution in [-0.4, -0.2) is 17.5 Å². The molecule has 0 saturated heterocycles. The number of hydrogen-bond donors (Lipinski definition) is 1. The molecule has 0 heterocycles. The standard InChI is InChI=1S/C19H31NS/c1-14(2)12-16-8-10-17(11-9-16)15(3)20-18-6-5-7-19(13-18)21-4/h8-11,14-15,18-20H,5-7,12-13H2,1-4H3. The molecule has 1 aliphatic carbocycles. The molecular weight excluding hydrogens is 274 g/mol. The molecule has 2 rings (SSSR count). The topological polar surface area (TPSA) is 12.0 Å². The molecule has 0 aliphatic heterocycles. The number of rotatable bonds is 6. The van der Waals surface area contributed by atoms with Gasteiger partial charge in [-0.3, -0.25) is 0 Å². The highest BCUT2D eigenvalue weighted by Gasteiger charge is 2.22. The van der Waals surface area contributed by atoms with Crippen LogP contribution in [0.5, 0.6) is 0 Å². The van der Waals surface area contributed by atoms with E-state index in [1.165, 1.54) is 43.2 Å². The van der Waals surface area contributed by atoms with Gasteiger partial charge in [0.05, 0.1) is 0 Å². The van der Waals surface area contributed by atoms with Gasteiger partial charge in [0.15, 0.2) is 0 Å². The molecule has 1 aromatic rings. The van der Waals surface area contributed by atoms with Crippen LogP contribution in [0.3, 0.4) is 0 Å². The van der Waals surface area contributed by atoms with Crippen LogP contribution in [0, 0.1) is 5.92 Å². The number of thioether (sulfide) groups is 1. The summed E-state index contributed by atoms with van der Waals surface area (Å²) in [5, 5.41) is 4.70. The number of nitrogens with one attached hydrogen (secondary N) is 1. The van der Waals surface area contributed by atoms with Crippen molar-refractivity contribution in [3.8, 4) is 0 Å². The number of hydrogen-bond acceptors (Lipinski definition) is 2. The van der Waals surface area contributed by atoms with E-state index in [-0.39, 0.29) is 0 Å². The predicted octanol–water partition coefficient (Wildman–Crippen LogP) is 5.21. The summed E-state index contributed by atoms with van der Waals surface area (Å²) >= 11 is 2.04. The summed E-state index contributed by atoms with van der Waals surface area (Å²) in [6.07, 6.45) is 8.88. The van der Waals surface area contributed by atoms with Crippen LogP contribution in [0.2, 0.25) is 0 Å². The molecule has 0 radical (unpaired) electrons. The normalized spacial score (nSPS) is 24.2. The van der Waals surface area contributed by atoms with E-state index in [4.69, 9.17) is 0 Å². The summed E-state index contributed by atoms with van der Waals surface area (Å²) in [4.78, 5) is 0. The average molecular weight is 306 g/mol. The van der Waals surface area contributed by atoms with E-state index >= 15 is 0 Å². The van der Waals surface area contributed by atoms with Crippen LogP contribution < -0.4 is 5.32 Å². The van der Waals surface area contributed by atoms with Gasteiger partial charge in [0.25, 0.3) is 0 Å². The first kappa shape index (κ1) is 16.9. The van der Waals surface area contributed by atoms with Gasteiger partial charge in [-0.2, -0.15) is 11.8 Å². The van der Waals surface area contributed by atoms with Gasteiger partial charge in [0.1, 0.15) is 0 Å². The van der Waals surface area contributed by atoms with Crippen LogP contribution in [0.4, 0.5) is 0 Å². The predicted molar refractivity (Wildman–Crippen MR) is 96.1 cm³/mol. The molecule has 0 bridgehead atoms. The summed E-state index contributed by atoms with van der Waals surface area (Å²) in [6, 6.07) is 10.4. The lowest BCUT2D eigenvalue weighted by molar-refractivity contribution is 0.353. The second-order valence-electron chi connectivity index (χ2n) is 6.95. The fourth-order valence-electron chi connectivity index (χ4n) is 3.37. The van der Waals surface area contributed by atoms with Crippen molar-refractivity contribution in [3.63, 3.8) is 0 Å². The van der Waals surface area contributed by atoms with Crippen LogP contribution in [-0.2, 0) is 6.42 Å². The van der Waals surface area contributed by atoms with Crippen molar-refractivity contribution in [2.45, 2.75) is 70.2 Å². The van der Waals surface area contributed by atoms with Crippen molar-refractivity contribution in [3.05, 3.63) is 35.4 Å². The third-order valence-corrected chi connectivity index (χ3v) is 5.66. The van der Waals surface area contributed by atoms with Gasteiger partial charge in [-0.1, -0.05) is 44.5 Å². The minimum Gasteiger partial charge on any atom is -0.307 e. The zero-order valence-corrected chi connectivity index (χ0v) is 14.9. The van der Waals surface area contributed by atoms with E-state index in [2.05, 4.69) is 56.6 Å². The van der Waals surface area contributed by atoms with Gasteiger partial charge in [-0.25, -0.2) is 0 Å². The summed E-state index contributed by atoms with van der Waals surface area (Å²) in [5.74, 6) is 0.733. The Hall–Kier alpha value is -0.470. The second-order valence-corrected chi connectivity index (χ2v) is 8.09. The highest BCUT2D eigenvalue weighted by atomic mass is 32.2. The molecule has 3 atom stereocenters. The fourth-order valence-corrected chi connectivity index (χ4v) is 4.20. The molecule has 1 nitrogen and oxygen atoms in total. The maximum absolute atomic E-state index is 3.85. The van der Waals surface area contributed by atoms with Gasteiger partial charge in [0, 0.05) is 17.3 Å². The van der Waals surface area contributed by atoms with E-state index in [9.17, 15) is 0 Å². The molecule has 21 heavy (non-hydrogen) atoms. The third kappa shape index (κ3) is 5.34. The lowest BCUT2D eigenvalue weighted by atomic mass is 9.93. The quantitative estimate of drug-likeness (QED) is 0.774. The van der Waals surface area contributed by atoms with Crippen molar-refractivity contribution < 1.29 is 0 Å². The van der Waals surface area contributed by atoms with Gasteiger partial charge >= 0.3 is 0 Å². The molecule has 1 aliphatic rings. The van der Waals surface area contributed by atoms with Gasteiger partial charge in [-0.05, 0) is 55.9 Å². The van der Waals surface area contributed by atoms with Crippen molar-refractivity contribution in [1.29, 1.82) is 0 Å². The van der Waals surface area contributed by atoms with Crippen molar-refractivity contribution in [1.82, 2.24) is 5.32 Å². The molecule has 0 amide bonds. The Balaban J connectivity index is 1.89. The molecule has 1 aromatic carbocycles. The van der Waals surface area contributed by atoms with Gasteiger partial charge in [-0.15, -0.1) is 0 Å². The summed E-state index contributed by atoms with van der Waals surface area (Å²) in [5.41, 5.74) is 2.88. The van der Waals surface area contributed by atoms with Crippen LogP contribution in [0.15, 0.2) is 24.3 Å².